The summed E-state index contributed by atoms with van der Waals surface area (Å²) in [5, 5.41) is 23.4. The molecule has 1 atom stereocenters. The number of amides is 3. The van der Waals surface area contributed by atoms with Crippen LogP contribution in [0.3, 0.4) is 0 Å². The number of urea groups is 1. The predicted octanol–water partition coefficient (Wildman–Crippen LogP) is 2.98. The smallest absolute Gasteiger partial charge is 0.322 e. The molecule has 0 bridgehead atoms. The Morgan fingerprint density at radius 2 is 2.09 bits per heavy atom. The van der Waals surface area contributed by atoms with Crippen LogP contribution in [0.15, 0.2) is 53.7 Å². The second-order valence-electron chi connectivity index (χ2n) is 7.27. The summed E-state index contributed by atoms with van der Waals surface area (Å²) in [6.07, 6.45) is 0. The van der Waals surface area contributed by atoms with Gasteiger partial charge in [0, 0.05) is 34.6 Å². The van der Waals surface area contributed by atoms with Gasteiger partial charge in [0.2, 0.25) is 0 Å². The lowest BCUT2D eigenvalue weighted by atomic mass is 9.98. The normalized spacial score (nSPS) is 17.1. The molecule has 3 amide bonds. The van der Waals surface area contributed by atoms with Crippen molar-refractivity contribution in [3.63, 3.8) is 0 Å². The Morgan fingerprint density at radius 3 is 2.72 bits per heavy atom. The summed E-state index contributed by atoms with van der Waals surface area (Å²) in [7, 11) is 0. The topological polar surface area (TPSA) is 135 Å². The van der Waals surface area contributed by atoms with E-state index in [0.717, 1.165) is 6.07 Å². The van der Waals surface area contributed by atoms with Crippen molar-refractivity contribution in [3.05, 3.63) is 75.7 Å². The van der Waals surface area contributed by atoms with Crippen molar-refractivity contribution in [2.75, 3.05) is 18.4 Å². The number of nitriles is 1. The number of nitrogens with two attached hydrogens (primary N) is 1. The number of hydrogen-bond acceptors (Lipinski definition) is 5. The molecule has 1 heterocycles. The molecule has 2 aromatic carbocycles. The fourth-order valence-electron chi connectivity index (χ4n) is 3.38. The van der Waals surface area contributed by atoms with E-state index in [4.69, 9.17) is 28.0 Å². The Hall–Kier alpha value is -3.90. The number of piperazine rings is 1. The first-order valence-corrected chi connectivity index (χ1v) is 9.97. The van der Waals surface area contributed by atoms with Crippen LogP contribution in [-0.2, 0) is 4.79 Å². The molecule has 0 radical (unpaired) electrons. The molecule has 10 heteroatoms. The number of hydrogen-bond donors (Lipinski definition) is 4. The summed E-state index contributed by atoms with van der Waals surface area (Å²) in [4.78, 5) is 26.4. The minimum Gasteiger partial charge on any atom is -0.382 e. The average Bonchev–Trinajstić information content (AvgIpc) is 2.73. The zero-order chi connectivity index (χ0) is 23.4. The van der Waals surface area contributed by atoms with Crippen molar-refractivity contribution in [3.8, 4) is 6.07 Å². The number of carbonyl (C=O) groups is 2. The second-order valence-corrected chi connectivity index (χ2v) is 7.70. The third-order valence-electron chi connectivity index (χ3n) is 4.80. The van der Waals surface area contributed by atoms with Gasteiger partial charge in [-0.2, -0.15) is 5.26 Å². The Labute approximate surface area is 189 Å². The van der Waals surface area contributed by atoms with Gasteiger partial charge in [0.15, 0.2) is 0 Å². The maximum Gasteiger partial charge on any atom is 0.322 e. The lowest BCUT2D eigenvalue weighted by molar-refractivity contribution is -0.114. The van der Waals surface area contributed by atoms with Crippen molar-refractivity contribution in [2.45, 2.75) is 13.0 Å². The first-order valence-electron chi connectivity index (χ1n) is 9.59. The van der Waals surface area contributed by atoms with Crippen LogP contribution < -0.4 is 16.4 Å². The summed E-state index contributed by atoms with van der Waals surface area (Å²) in [6, 6.07) is 11.2. The molecule has 0 aliphatic carbocycles. The van der Waals surface area contributed by atoms with Crippen molar-refractivity contribution in [2.24, 2.45) is 5.73 Å². The highest BCUT2D eigenvalue weighted by atomic mass is 35.5. The first kappa shape index (κ1) is 22.8. The van der Waals surface area contributed by atoms with Crippen LogP contribution in [0.5, 0.6) is 0 Å². The van der Waals surface area contributed by atoms with Gasteiger partial charge in [0.05, 0.1) is 23.4 Å². The number of nitrogens with one attached hydrogen (secondary N) is 3. The molecule has 0 spiro atoms. The van der Waals surface area contributed by atoms with Crippen molar-refractivity contribution in [1.29, 1.82) is 10.7 Å². The Bertz CT molecular complexity index is 1170. The largest absolute Gasteiger partial charge is 0.382 e. The molecule has 3 rings (SSSR count). The molecule has 2 aromatic rings. The summed E-state index contributed by atoms with van der Waals surface area (Å²) >= 11 is 6.00. The minimum absolute atomic E-state index is 0.0177. The average molecular weight is 455 g/mol. The Balaban J connectivity index is 1.87. The van der Waals surface area contributed by atoms with Crippen LogP contribution in [0.25, 0.3) is 0 Å². The number of rotatable bonds is 4. The third-order valence-corrected chi connectivity index (χ3v) is 5.04. The summed E-state index contributed by atoms with van der Waals surface area (Å²) in [5.74, 6) is -1.56. The number of anilines is 1. The van der Waals surface area contributed by atoms with Crippen LogP contribution in [0.1, 0.15) is 18.1 Å². The van der Waals surface area contributed by atoms with E-state index in [0.29, 0.717) is 22.8 Å². The fraction of sp³-hybridized carbons (Fsp3) is 0.182. The van der Waals surface area contributed by atoms with Gasteiger partial charge in [0.1, 0.15) is 11.9 Å². The summed E-state index contributed by atoms with van der Waals surface area (Å²) < 4.78 is 13.9. The monoisotopic (exact) mass is 454 g/mol. The molecule has 164 valence electrons. The first-order chi connectivity index (χ1) is 15.2. The molecule has 32 heavy (non-hydrogen) atoms. The van der Waals surface area contributed by atoms with Crippen LogP contribution in [0.2, 0.25) is 5.02 Å². The van der Waals surface area contributed by atoms with Crippen LogP contribution in [0, 0.1) is 22.6 Å². The molecule has 0 unspecified atom stereocenters. The lowest BCUT2D eigenvalue weighted by Gasteiger charge is -2.35. The number of halogens is 2. The highest BCUT2D eigenvalue weighted by Crippen LogP contribution is 2.20. The molecule has 1 fully saturated rings. The second kappa shape index (κ2) is 9.49. The van der Waals surface area contributed by atoms with Crippen molar-refractivity contribution >= 4 is 34.9 Å². The SMILES string of the molecule is C[C@@H]1CN(C(=O)Nc2ccc(C#N)c(F)c2)C/C(=C(/C(=N)c2cccc(Cl)c2)C(N)=O)N1. The number of nitrogens with zero attached hydrogens (tertiary/aromatic N) is 2. The van der Waals surface area contributed by atoms with Crippen molar-refractivity contribution in [1.82, 2.24) is 10.2 Å². The molecule has 5 N–H and O–H groups in total. The molecule has 0 aromatic heterocycles. The highest BCUT2D eigenvalue weighted by Gasteiger charge is 2.29. The van der Waals surface area contributed by atoms with E-state index in [1.165, 1.54) is 17.0 Å². The minimum atomic E-state index is -0.818. The maximum absolute atomic E-state index is 13.9. The molecule has 1 aliphatic rings. The van der Waals surface area contributed by atoms with Gasteiger partial charge in [-0.3, -0.25) is 10.2 Å². The van der Waals surface area contributed by atoms with Crippen molar-refractivity contribution < 1.29 is 14.0 Å². The van der Waals surface area contributed by atoms with Gasteiger partial charge in [-0.25, -0.2) is 9.18 Å². The van der Waals surface area contributed by atoms with Gasteiger partial charge in [-0.15, -0.1) is 0 Å². The fourth-order valence-corrected chi connectivity index (χ4v) is 3.57. The lowest BCUT2D eigenvalue weighted by Crippen LogP contribution is -2.52. The third kappa shape index (κ3) is 5.04. The van der Waals surface area contributed by atoms with Gasteiger partial charge in [-0.05, 0) is 37.3 Å². The van der Waals surface area contributed by atoms with Crippen LogP contribution in [-0.4, -0.2) is 41.7 Å². The molecule has 1 saturated heterocycles. The quantitative estimate of drug-likeness (QED) is 0.417. The molecular weight excluding hydrogens is 435 g/mol. The van der Waals surface area contributed by atoms with Crippen LogP contribution >= 0.6 is 11.6 Å². The van der Waals surface area contributed by atoms with E-state index < -0.39 is 17.8 Å². The maximum atomic E-state index is 13.9. The molecule has 1 aliphatic heterocycles. The Kier molecular flexibility index (Phi) is 6.76. The highest BCUT2D eigenvalue weighted by molar-refractivity contribution is 6.32. The summed E-state index contributed by atoms with van der Waals surface area (Å²) in [6.45, 7) is 2.09. The predicted molar refractivity (Wildman–Crippen MR) is 119 cm³/mol. The Morgan fingerprint density at radius 1 is 1.34 bits per heavy atom. The van der Waals surface area contributed by atoms with Gasteiger partial charge < -0.3 is 21.3 Å². The van der Waals surface area contributed by atoms with Gasteiger partial charge >= 0.3 is 6.03 Å². The number of benzene rings is 2. The van der Waals surface area contributed by atoms with E-state index in [2.05, 4.69) is 10.6 Å². The van der Waals surface area contributed by atoms with E-state index in [1.54, 1.807) is 30.3 Å². The van der Waals surface area contributed by atoms with E-state index in [-0.39, 0.29) is 35.1 Å². The number of carbonyl (C=O) groups excluding carboxylic acids is 2. The van der Waals surface area contributed by atoms with Crippen LogP contribution in [0.4, 0.5) is 14.9 Å². The molecule has 0 saturated carbocycles. The number of primary amides is 1. The zero-order valence-corrected chi connectivity index (χ0v) is 17.8. The molecule has 8 nitrogen and oxygen atoms in total. The van der Waals surface area contributed by atoms with E-state index in [9.17, 15) is 14.0 Å². The van der Waals surface area contributed by atoms with E-state index in [1.807, 2.05) is 6.92 Å². The standard InChI is InChI=1S/C22H20ClFN6O2/c1-12-10-30(22(32)29-16-6-5-14(9-25)17(24)8-16)11-18(28-12)19(21(27)31)20(26)13-3-2-4-15(23)7-13/h2-8,12,26,28H,10-11H2,1H3,(H2,27,31)(H,29,32)/b19-18+,26-20?/t12-/m1/s1. The zero-order valence-electron chi connectivity index (χ0n) is 17.1. The van der Waals surface area contributed by atoms with E-state index >= 15 is 0 Å². The van der Waals surface area contributed by atoms with Gasteiger partial charge in [-0.1, -0.05) is 23.7 Å². The molecular formula is C22H20ClFN6O2. The van der Waals surface area contributed by atoms with Gasteiger partial charge in [0.25, 0.3) is 5.91 Å². The summed E-state index contributed by atoms with van der Waals surface area (Å²) in [5.41, 5.74) is 6.19.